The second-order valence-electron chi connectivity index (χ2n) is 3.25. The largest absolute Gasteiger partial charge is 0.323 e. The van der Waals surface area contributed by atoms with Crippen molar-refractivity contribution < 1.29 is 0 Å². The molecule has 0 aromatic carbocycles. The zero-order chi connectivity index (χ0) is 8.27. The summed E-state index contributed by atoms with van der Waals surface area (Å²) in [6.45, 7) is 4.40. The van der Waals surface area contributed by atoms with Gasteiger partial charge in [0.2, 0.25) is 0 Å². The standard InChI is InChI=1S/C9H15NS.ClH/c1-7(2)6-8(10)9-4-3-5-11-9;/h3-5,7-8H,6,10H2,1-2H3;1H/t8-;/m0./s1. The molecule has 0 saturated heterocycles. The minimum atomic E-state index is 0. The number of rotatable bonds is 3. The molecular weight excluding hydrogens is 190 g/mol. The molecule has 0 radical (unpaired) electrons. The van der Waals surface area contributed by atoms with Gasteiger partial charge in [-0.3, -0.25) is 0 Å². The third kappa shape index (κ3) is 3.57. The first kappa shape index (κ1) is 11.9. The molecular formula is C9H16ClNS. The average molecular weight is 206 g/mol. The molecule has 0 aliphatic heterocycles. The van der Waals surface area contributed by atoms with Crippen molar-refractivity contribution in [2.24, 2.45) is 11.7 Å². The topological polar surface area (TPSA) is 26.0 Å². The number of thiophene rings is 1. The molecule has 70 valence electrons. The van der Waals surface area contributed by atoms with Crippen LogP contribution in [0.4, 0.5) is 0 Å². The third-order valence-electron chi connectivity index (χ3n) is 1.63. The van der Waals surface area contributed by atoms with Gasteiger partial charge in [0, 0.05) is 10.9 Å². The molecule has 12 heavy (non-hydrogen) atoms. The summed E-state index contributed by atoms with van der Waals surface area (Å²) >= 11 is 1.75. The normalized spacial score (nSPS) is 12.7. The lowest BCUT2D eigenvalue weighted by Crippen LogP contribution is -2.11. The molecule has 1 rings (SSSR count). The van der Waals surface area contributed by atoms with Crippen LogP contribution >= 0.6 is 23.7 Å². The molecule has 0 unspecified atom stereocenters. The second kappa shape index (κ2) is 5.57. The van der Waals surface area contributed by atoms with E-state index in [1.54, 1.807) is 11.3 Å². The van der Waals surface area contributed by atoms with Crippen LogP contribution in [0, 0.1) is 5.92 Å². The van der Waals surface area contributed by atoms with Crippen LogP contribution in [-0.2, 0) is 0 Å². The number of hydrogen-bond acceptors (Lipinski definition) is 2. The molecule has 0 fully saturated rings. The Morgan fingerprint density at radius 3 is 2.58 bits per heavy atom. The maximum Gasteiger partial charge on any atom is 0.0392 e. The Labute approximate surface area is 84.4 Å². The zero-order valence-electron chi connectivity index (χ0n) is 7.49. The molecule has 0 aliphatic carbocycles. The molecule has 0 bridgehead atoms. The number of hydrogen-bond donors (Lipinski definition) is 1. The molecule has 0 spiro atoms. The monoisotopic (exact) mass is 205 g/mol. The first-order valence-electron chi connectivity index (χ1n) is 3.99. The van der Waals surface area contributed by atoms with E-state index in [0.717, 1.165) is 6.42 Å². The molecule has 1 atom stereocenters. The van der Waals surface area contributed by atoms with Crippen molar-refractivity contribution in [3.8, 4) is 0 Å². The average Bonchev–Trinajstić information content (AvgIpc) is 2.35. The van der Waals surface area contributed by atoms with Gasteiger partial charge < -0.3 is 5.73 Å². The minimum absolute atomic E-state index is 0. The summed E-state index contributed by atoms with van der Waals surface area (Å²) in [5, 5.41) is 2.08. The fraction of sp³-hybridized carbons (Fsp3) is 0.556. The molecule has 1 aromatic rings. The Morgan fingerprint density at radius 2 is 2.17 bits per heavy atom. The predicted octanol–water partition coefficient (Wildman–Crippen LogP) is 3.22. The molecule has 3 heteroatoms. The molecule has 1 aromatic heterocycles. The van der Waals surface area contributed by atoms with Gasteiger partial charge in [-0.05, 0) is 23.8 Å². The van der Waals surface area contributed by atoms with E-state index >= 15 is 0 Å². The predicted molar refractivity (Wildman–Crippen MR) is 58.0 cm³/mol. The summed E-state index contributed by atoms with van der Waals surface area (Å²) < 4.78 is 0. The summed E-state index contributed by atoms with van der Waals surface area (Å²) in [4.78, 5) is 1.30. The van der Waals surface area contributed by atoms with Crippen molar-refractivity contribution in [1.29, 1.82) is 0 Å². The summed E-state index contributed by atoms with van der Waals surface area (Å²) in [6.07, 6.45) is 1.08. The molecule has 0 saturated carbocycles. The van der Waals surface area contributed by atoms with Crippen molar-refractivity contribution in [2.75, 3.05) is 0 Å². The molecule has 0 aliphatic rings. The Bertz CT molecular complexity index is 196. The van der Waals surface area contributed by atoms with Crippen molar-refractivity contribution in [2.45, 2.75) is 26.3 Å². The van der Waals surface area contributed by atoms with Crippen molar-refractivity contribution in [1.82, 2.24) is 0 Å². The summed E-state index contributed by atoms with van der Waals surface area (Å²) in [5.41, 5.74) is 5.95. The smallest absolute Gasteiger partial charge is 0.0392 e. The van der Waals surface area contributed by atoms with E-state index < -0.39 is 0 Å². The summed E-state index contributed by atoms with van der Waals surface area (Å²) in [6, 6.07) is 4.41. The Morgan fingerprint density at radius 1 is 1.50 bits per heavy atom. The lowest BCUT2D eigenvalue weighted by molar-refractivity contribution is 0.515. The van der Waals surface area contributed by atoms with E-state index in [-0.39, 0.29) is 18.4 Å². The Balaban J connectivity index is 0.00000121. The highest BCUT2D eigenvalue weighted by molar-refractivity contribution is 7.10. The van der Waals surface area contributed by atoms with Gasteiger partial charge in [0.25, 0.3) is 0 Å². The van der Waals surface area contributed by atoms with Crippen molar-refractivity contribution in [3.63, 3.8) is 0 Å². The highest BCUT2D eigenvalue weighted by Crippen LogP contribution is 2.22. The maximum absolute atomic E-state index is 5.95. The van der Waals surface area contributed by atoms with E-state index in [2.05, 4.69) is 31.4 Å². The van der Waals surface area contributed by atoms with Gasteiger partial charge >= 0.3 is 0 Å². The maximum atomic E-state index is 5.95. The highest BCUT2D eigenvalue weighted by Gasteiger charge is 2.07. The first-order chi connectivity index (χ1) is 5.20. The van der Waals surface area contributed by atoms with Gasteiger partial charge in [-0.15, -0.1) is 23.7 Å². The van der Waals surface area contributed by atoms with Crippen LogP contribution in [-0.4, -0.2) is 0 Å². The van der Waals surface area contributed by atoms with Crippen LogP contribution in [0.2, 0.25) is 0 Å². The van der Waals surface area contributed by atoms with Crippen LogP contribution in [0.25, 0.3) is 0 Å². The van der Waals surface area contributed by atoms with Gasteiger partial charge in [-0.25, -0.2) is 0 Å². The van der Waals surface area contributed by atoms with Gasteiger partial charge in [-0.2, -0.15) is 0 Å². The first-order valence-corrected chi connectivity index (χ1v) is 4.87. The van der Waals surface area contributed by atoms with Gasteiger partial charge in [0.15, 0.2) is 0 Å². The van der Waals surface area contributed by atoms with Crippen molar-refractivity contribution >= 4 is 23.7 Å². The van der Waals surface area contributed by atoms with Crippen LogP contribution in [0.15, 0.2) is 17.5 Å². The highest BCUT2D eigenvalue weighted by atomic mass is 35.5. The zero-order valence-corrected chi connectivity index (χ0v) is 9.12. The van der Waals surface area contributed by atoms with Gasteiger partial charge in [0.1, 0.15) is 0 Å². The quantitative estimate of drug-likeness (QED) is 0.806. The van der Waals surface area contributed by atoms with Gasteiger partial charge in [0.05, 0.1) is 0 Å². The van der Waals surface area contributed by atoms with Crippen LogP contribution < -0.4 is 5.73 Å². The van der Waals surface area contributed by atoms with Crippen LogP contribution in [0.3, 0.4) is 0 Å². The Hall–Kier alpha value is -0.0500. The van der Waals surface area contributed by atoms with E-state index in [9.17, 15) is 0 Å². The second-order valence-corrected chi connectivity index (χ2v) is 4.23. The lowest BCUT2D eigenvalue weighted by atomic mass is 10.0. The number of nitrogens with two attached hydrogens (primary N) is 1. The summed E-state index contributed by atoms with van der Waals surface area (Å²) in [5.74, 6) is 0.687. The fourth-order valence-electron chi connectivity index (χ4n) is 1.13. The molecule has 0 amide bonds. The lowest BCUT2D eigenvalue weighted by Gasteiger charge is -2.11. The molecule has 1 nitrogen and oxygen atoms in total. The summed E-state index contributed by atoms with van der Waals surface area (Å²) in [7, 11) is 0. The van der Waals surface area contributed by atoms with E-state index in [4.69, 9.17) is 5.73 Å². The van der Waals surface area contributed by atoms with Crippen molar-refractivity contribution in [3.05, 3.63) is 22.4 Å². The fourth-order valence-corrected chi connectivity index (χ4v) is 1.87. The van der Waals surface area contributed by atoms with E-state index in [0.29, 0.717) is 5.92 Å². The van der Waals surface area contributed by atoms with E-state index in [1.807, 2.05) is 0 Å². The third-order valence-corrected chi connectivity index (χ3v) is 2.64. The molecule has 2 N–H and O–H groups in total. The van der Waals surface area contributed by atoms with Gasteiger partial charge in [-0.1, -0.05) is 19.9 Å². The minimum Gasteiger partial charge on any atom is -0.323 e. The Kier molecular flexibility index (Phi) is 5.55. The SMILES string of the molecule is CC(C)C[C@H](N)c1cccs1.Cl. The van der Waals surface area contributed by atoms with Crippen LogP contribution in [0.5, 0.6) is 0 Å². The number of halogens is 1. The molecule has 1 heterocycles. The van der Waals surface area contributed by atoms with E-state index in [1.165, 1.54) is 4.88 Å². The van der Waals surface area contributed by atoms with Crippen LogP contribution in [0.1, 0.15) is 31.2 Å².